The van der Waals surface area contributed by atoms with Crippen LogP contribution < -0.4 is 0 Å². The molecule has 0 radical (unpaired) electrons. The van der Waals surface area contributed by atoms with Crippen molar-refractivity contribution in [2.24, 2.45) is 0 Å². The highest BCUT2D eigenvalue weighted by Crippen LogP contribution is 2.13. The molecule has 1 rings (SSSR count). The quantitative estimate of drug-likeness (QED) is 0.421. The predicted molar refractivity (Wildman–Crippen MR) is 60.6 cm³/mol. The molecule has 0 aromatic heterocycles. The summed E-state index contributed by atoms with van der Waals surface area (Å²) in [4.78, 5) is 27.9. The Morgan fingerprint density at radius 1 is 1.29 bits per heavy atom. The molecule has 1 fully saturated rings. The normalized spacial score (nSPS) is 16.8. The molecule has 0 spiro atoms. The summed E-state index contributed by atoms with van der Waals surface area (Å²) in [5.41, 5.74) is -0.184. The molecule has 17 heavy (non-hydrogen) atoms. The highest BCUT2D eigenvalue weighted by atomic mass is 19.3. The number of ketones is 1. The summed E-state index contributed by atoms with van der Waals surface area (Å²) < 4.78 is 11.9. The second kappa shape index (κ2) is 7.04. The number of likely N-dealkylation sites (tertiary alicyclic amines) is 1. The van der Waals surface area contributed by atoms with Crippen LogP contribution in [0.4, 0.5) is 4.53 Å². The Morgan fingerprint density at radius 3 is 2.47 bits per heavy atom. The summed E-state index contributed by atoms with van der Waals surface area (Å²) in [6, 6.07) is 0. The van der Waals surface area contributed by atoms with E-state index in [9.17, 15) is 14.1 Å². The molecule has 4 nitrogen and oxygen atoms in total. The largest absolute Gasteiger partial charge is 0.384 e. The van der Waals surface area contributed by atoms with E-state index in [4.69, 9.17) is 0 Å². The molecule has 96 valence electrons. The van der Waals surface area contributed by atoms with Crippen LogP contribution >= 0.6 is 0 Å². The van der Waals surface area contributed by atoms with Crippen LogP contribution in [0.2, 0.25) is 0 Å². The van der Waals surface area contributed by atoms with Gasteiger partial charge in [0.25, 0.3) is 0 Å². The maximum Gasteiger partial charge on any atom is 0.384 e. The third-order valence-corrected chi connectivity index (χ3v) is 2.77. The Morgan fingerprint density at radius 2 is 1.94 bits per heavy atom. The summed E-state index contributed by atoms with van der Waals surface area (Å²) in [6.07, 6.45) is 5.49. The Balaban J connectivity index is 2.76. The van der Waals surface area contributed by atoms with Crippen LogP contribution in [0, 0.1) is 0 Å². The second-order valence-corrected chi connectivity index (χ2v) is 4.18. The van der Waals surface area contributed by atoms with Crippen LogP contribution in [-0.4, -0.2) is 29.7 Å². The minimum Gasteiger partial charge on any atom is -0.377 e. The number of piperidine rings is 1. The van der Waals surface area contributed by atoms with Crippen molar-refractivity contribution in [2.75, 3.05) is 13.1 Å². The van der Waals surface area contributed by atoms with Crippen molar-refractivity contribution in [3.05, 3.63) is 11.8 Å². The standard InChI is InChI=1S/C12H18FNO3/c1-2-6-11(15)10(12(16)17-13)9-14-7-4-3-5-8-14/h9H,2-8H2,1H3. The van der Waals surface area contributed by atoms with Gasteiger partial charge in [0.15, 0.2) is 5.78 Å². The summed E-state index contributed by atoms with van der Waals surface area (Å²) in [5, 5.41) is 0. The molecule has 5 heteroatoms. The molecule has 0 N–H and O–H groups in total. The highest BCUT2D eigenvalue weighted by molar-refractivity contribution is 6.16. The number of rotatable bonds is 5. The highest BCUT2D eigenvalue weighted by Gasteiger charge is 2.21. The van der Waals surface area contributed by atoms with Gasteiger partial charge in [0.2, 0.25) is 0 Å². The van der Waals surface area contributed by atoms with Crippen molar-refractivity contribution >= 4 is 11.8 Å². The van der Waals surface area contributed by atoms with E-state index in [0.29, 0.717) is 6.42 Å². The molecule has 1 aliphatic heterocycles. The molecule has 0 unspecified atom stereocenters. The van der Waals surface area contributed by atoms with E-state index in [2.05, 4.69) is 4.94 Å². The van der Waals surface area contributed by atoms with Gasteiger partial charge in [-0.3, -0.25) is 4.79 Å². The zero-order valence-corrected chi connectivity index (χ0v) is 10.1. The SMILES string of the molecule is CCCC(=O)C(=CN1CCCCC1)C(=O)OF. The minimum absolute atomic E-state index is 0.184. The number of carbonyl (C=O) groups is 2. The second-order valence-electron chi connectivity index (χ2n) is 4.18. The van der Waals surface area contributed by atoms with Crippen molar-refractivity contribution in [1.82, 2.24) is 4.90 Å². The molecule has 0 amide bonds. The average Bonchev–Trinajstić information content (AvgIpc) is 2.36. The summed E-state index contributed by atoms with van der Waals surface area (Å²) in [6.45, 7) is 3.42. The van der Waals surface area contributed by atoms with Gasteiger partial charge in [-0.05, 0) is 25.7 Å². The van der Waals surface area contributed by atoms with E-state index in [1.165, 1.54) is 6.20 Å². The van der Waals surface area contributed by atoms with Gasteiger partial charge >= 0.3 is 5.97 Å². The molecule has 0 aromatic carbocycles. The first-order chi connectivity index (χ1) is 8.19. The number of halogens is 1. The summed E-state index contributed by atoms with van der Waals surface area (Å²) in [7, 11) is 0. The van der Waals surface area contributed by atoms with Crippen molar-refractivity contribution in [1.29, 1.82) is 0 Å². The Labute approximate surface area is 100 Å². The maximum absolute atomic E-state index is 11.9. The van der Waals surface area contributed by atoms with Crippen molar-refractivity contribution in [3.8, 4) is 0 Å². The molecule has 0 aliphatic carbocycles. The topological polar surface area (TPSA) is 46.6 Å². The summed E-state index contributed by atoms with van der Waals surface area (Å²) >= 11 is 0. The van der Waals surface area contributed by atoms with E-state index in [0.717, 1.165) is 32.4 Å². The van der Waals surface area contributed by atoms with E-state index in [-0.39, 0.29) is 17.8 Å². The average molecular weight is 243 g/mol. The fraction of sp³-hybridized carbons (Fsp3) is 0.667. The molecule has 1 aliphatic rings. The molecule has 0 aromatic rings. The third kappa shape index (κ3) is 4.17. The zero-order valence-electron chi connectivity index (χ0n) is 10.1. The van der Waals surface area contributed by atoms with Crippen LogP contribution in [0.3, 0.4) is 0 Å². The first-order valence-electron chi connectivity index (χ1n) is 6.01. The van der Waals surface area contributed by atoms with Crippen LogP contribution in [0.15, 0.2) is 11.8 Å². The fourth-order valence-corrected chi connectivity index (χ4v) is 1.87. The monoisotopic (exact) mass is 243 g/mol. The lowest BCUT2D eigenvalue weighted by molar-refractivity contribution is -0.178. The zero-order chi connectivity index (χ0) is 12.7. The summed E-state index contributed by atoms with van der Waals surface area (Å²) in [5.74, 6) is -1.55. The van der Waals surface area contributed by atoms with Gasteiger partial charge in [-0.25, -0.2) is 9.74 Å². The molecule has 0 atom stereocenters. The smallest absolute Gasteiger partial charge is 0.377 e. The lowest BCUT2D eigenvalue weighted by Crippen LogP contribution is -2.27. The van der Waals surface area contributed by atoms with E-state index in [1.807, 2.05) is 11.8 Å². The van der Waals surface area contributed by atoms with Crippen molar-refractivity contribution in [2.45, 2.75) is 39.0 Å². The minimum atomic E-state index is -1.19. The maximum atomic E-state index is 11.9. The van der Waals surface area contributed by atoms with Crippen LogP contribution in [0.5, 0.6) is 0 Å². The van der Waals surface area contributed by atoms with E-state index in [1.54, 1.807) is 0 Å². The van der Waals surface area contributed by atoms with Gasteiger partial charge in [-0.15, -0.1) is 0 Å². The first-order valence-corrected chi connectivity index (χ1v) is 6.01. The van der Waals surface area contributed by atoms with Gasteiger partial charge in [0.1, 0.15) is 5.57 Å². The number of hydrogen-bond donors (Lipinski definition) is 0. The molecular weight excluding hydrogens is 225 g/mol. The van der Waals surface area contributed by atoms with Crippen molar-refractivity contribution in [3.63, 3.8) is 0 Å². The third-order valence-electron chi connectivity index (χ3n) is 2.77. The van der Waals surface area contributed by atoms with Gasteiger partial charge < -0.3 is 4.90 Å². The van der Waals surface area contributed by atoms with Gasteiger partial charge in [0, 0.05) is 30.2 Å². The first kappa shape index (κ1) is 13.7. The number of nitrogens with zero attached hydrogens (tertiary/aromatic N) is 1. The number of Topliss-reactive ketones (excluding diaryl/α,β-unsaturated/α-hetero) is 1. The Bertz CT molecular complexity index is 309. The van der Waals surface area contributed by atoms with Crippen LogP contribution in [0.1, 0.15) is 39.0 Å². The fourth-order valence-electron chi connectivity index (χ4n) is 1.87. The van der Waals surface area contributed by atoms with E-state index < -0.39 is 5.97 Å². The molecular formula is C12H18FNO3. The predicted octanol–water partition coefficient (Wildman–Crippen LogP) is 2.15. The Kier molecular flexibility index (Phi) is 5.66. The lowest BCUT2D eigenvalue weighted by Gasteiger charge is -2.25. The lowest BCUT2D eigenvalue weighted by atomic mass is 10.1. The molecule has 1 heterocycles. The molecule has 1 saturated heterocycles. The van der Waals surface area contributed by atoms with Gasteiger partial charge in [-0.2, -0.15) is 0 Å². The van der Waals surface area contributed by atoms with Crippen LogP contribution in [0.25, 0.3) is 0 Å². The van der Waals surface area contributed by atoms with Gasteiger partial charge in [-0.1, -0.05) is 6.92 Å². The van der Waals surface area contributed by atoms with Crippen molar-refractivity contribution < 1.29 is 19.1 Å². The number of hydrogen-bond acceptors (Lipinski definition) is 4. The van der Waals surface area contributed by atoms with Crippen LogP contribution in [-0.2, 0) is 14.5 Å². The van der Waals surface area contributed by atoms with E-state index >= 15 is 0 Å². The molecule has 0 bridgehead atoms. The molecule has 0 saturated carbocycles. The Hall–Kier alpha value is -1.39. The van der Waals surface area contributed by atoms with Gasteiger partial charge in [0.05, 0.1) is 0 Å². The number of carbonyl (C=O) groups excluding carboxylic acids is 2.